The molecule has 0 aliphatic carbocycles. The molecule has 124 valence electrons. The van der Waals surface area contributed by atoms with Crippen LogP contribution >= 0.6 is 0 Å². The van der Waals surface area contributed by atoms with Crippen LogP contribution < -0.4 is 10.6 Å². The molecule has 4 nitrogen and oxygen atoms in total. The van der Waals surface area contributed by atoms with E-state index in [0.29, 0.717) is 17.8 Å². The molecule has 0 spiro atoms. The maximum atomic E-state index is 4.61. The third-order valence-corrected chi connectivity index (χ3v) is 3.70. The molecule has 2 N–H and O–H groups in total. The molecule has 0 atom stereocenters. The molecule has 0 amide bonds. The minimum absolute atomic E-state index is 0.457. The molecule has 0 aliphatic rings. The normalized spacial score (nSPS) is 11.1. The van der Waals surface area contributed by atoms with E-state index < -0.39 is 0 Å². The quantitative estimate of drug-likeness (QED) is 0.785. The molecule has 2 rings (SSSR count). The molecule has 0 fully saturated rings. The van der Waals surface area contributed by atoms with Gasteiger partial charge >= 0.3 is 0 Å². The van der Waals surface area contributed by atoms with Crippen molar-refractivity contribution in [1.29, 1.82) is 0 Å². The lowest BCUT2D eigenvalue weighted by atomic mass is 9.98. The summed E-state index contributed by atoms with van der Waals surface area (Å²) in [4.78, 5) is 9.07. The Hall–Kier alpha value is -2.10. The maximum Gasteiger partial charge on any atom is 0.224 e. The minimum Gasteiger partial charge on any atom is -0.354 e. The highest BCUT2D eigenvalue weighted by Gasteiger charge is 2.11. The van der Waals surface area contributed by atoms with Gasteiger partial charge in [0.15, 0.2) is 0 Å². The molecule has 4 heteroatoms. The maximum absolute atomic E-state index is 4.61. The van der Waals surface area contributed by atoms with Gasteiger partial charge < -0.3 is 10.6 Å². The van der Waals surface area contributed by atoms with Crippen LogP contribution in [0.5, 0.6) is 0 Å². The summed E-state index contributed by atoms with van der Waals surface area (Å²) in [7, 11) is 0. The average molecular weight is 312 g/mol. The van der Waals surface area contributed by atoms with Crippen molar-refractivity contribution >= 4 is 17.5 Å². The van der Waals surface area contributed by atoms with Gasteiger partial charge in [0.1, 0.15) is 5.82 Å². The summed E-state index contributed by atoms with van der Waals surface area (Å²) >= 11 is 0. The number of hydrogen-bond acceptors (Lipinski definition) is 4. The molecule has 0 unspecified atom stereocenters. The van der Waals surface area contributed by atoms with E-state index in [0.717, 1.165) is 23.7 Å². The largest absolute Gasteiger partial charge is 0.354 e. The van der Waals surface area contributed by atoms with Crippen molar-refractivity contribution < 1.29 is 0 Å². The molecule has 0 radical (unpaired) electrons. The summed E-state index contributed by atoms with van der Waals surface area (Å²) in [5.74, 6) is 2.53. The standard InChI is InChI=1S/C19H28N4/c1-12(2)11-20-19-21-15(6)10-17(23-19)22-18-14(5)8-7-9-16(18)13(3)4/h7-10,12-13H,11H2,1-6H3,(H2,20,21,22,23). The SMILES string of the molecule is Cc1cc(Nc2c(C)cccc2C(C)C)nc(NCC(C)C)n1. The Bertz CT molecular complexity index is 662. The van der Waals surface area contributed by atoms with E-state index >= 15 is 0 Å². The first-order chi connectivity index (χ1) is 10.9. The monoisotopic (exact) mass is 312 g/mol. The average Bonchev–Trinajstić information content (AvgIpc) is 2.46. The summed E-state index contributed by atoms with van der Waals surface area (Å²) in [6, 6.07) is 8.39. The number of para-hydroxylation sites is 1. The highest BCUT2D eigenvalue weighted by atomic mass is 15.1. The number of nitrogens with one attached hydrogen (secondary N) is 2. The van der Waals surface area contributed by atoms with E-state index in [2.05, 4.69) is 73.4 Å². The molecular formula is C19H28N4. The number of rotatable bonds is 6. The molecule has 1 aromatic carbocycles. The third-order valence-electron chi connectivity index (χ3n) is 3.70. The lowest BCUT2D eigenvalue weighted by Gasteiger charge is -2.17. The number of benzene rings is 1. The van der Waals surface area contributed by atoms with E-state index in [-0.39, 0.29) is 0 Å². The van der Waals surface area contributed by atoms with Crippen molar-refractivity contribution in [2.75, 3.05) is 17.2 Å². The molecule has 1 aromatic heterocycles. The second-order valence-corrected chi connectivity index (χ2v) is 6.81. The lowest BCUT2D eigenvalue weighted by Crippen LogP contribution is -2.12. The van der Waals surface area contributed by atoms with E-state index in [1.54, 1.807) is 0 Å². The number of aromatic nitrogens is 2. The summed E-state index contributed by atoms with van der Waals surface area (Å²) in [5.41, 5.74) is 4.63. The highest BCUT2D eigenvalue weighted by molar-refractivity contribution is 5.66. The topological polar surface area (TPSA) is 49.8 Å². The zero-order chi connectivity index (χ0) is 17.0. The predicted molar refractivity (Wildman–Crippen MR) is 98.6 cm³/mol. The van der Waals surface area contributed by atoms with Crippen molar-refractivity contribution in [3.8, 4) is 0 Å². The zero-order valence-corrected chi connectivity index (χ0v) is 15.1. The van der Waals surface area contributed by atoms with Crippen LogP contribution in [0.25, 0.3) is 0 Å². The van der Waals surface area contributed by atoms with Crippen LogP contribution in [-0.2, 0) is 0 Å². The molecular weight excluding hydrogens is 284 g/mol. The summed E-state index contributed by atoms with van der Waals surface area (Å²) in [6.45, 7) is 13.7. The summed E-state index contributed by atoms with van der Waals surface area (Å²) in [5, 5.41) is 6.80. The van der Waals surface area contributed by atoms with Crippen molar-refractivity contribution in [2.45, 2.75) is 47.5 Å². The molecule has 1 heterocycles. The molecule has 2 aromatic rings. The van der Waals surface area contributed by atoms with E-state index in [9.17, 15) is 0 Å². The van der Waals surface area contributed by atoms with E-state index in [1.807, 2.05) is 13.0 Å². The van der Waals surface area contributed by atoms with Gasteiger partial charge in [-0.3, -0.25) is 0 Å². The Morgan fingerprint density at radius 3 is 2.43 bits per heavy atom. The fourth-order valence-electron chi connectivity index (χ4n) is 2.48. The number of aryl methyl sites for hydroxylation is 2. The number of anilines is 3. The van der Waals surface area contributed by atoms with Crippen molar-refractivity contribution in [2.24, 2.45) is 5.92 Å². The predicted octanol–water partition coefficient (Wildman–Crippen LogP) is 5.03. The Morgan fingerprint density at radius 2 is 1.78 bits per heavy atom. The van der Waals surface area contributed by atoms with Crippen LogP contribution in [0.1, 0.15) is 50.4 Å². The van der Waals surface area contributed by atoms with Gasteiger partial charge in [-0.15, -0.1) is 0 Å². The molecule has 0 aliphatic heterocycles. The van der Waals surface area contributed by atoms with Gasteiger partial charge in [-0.1, -0.05) is 45.9 Å². The Morgan fingerprint density at radius 1 is 1.04 bits per heavy atom. The van der Waals surface area contributed by atoms with Gasteiger partial charge in [-0.05, 0) is 36.8 Å². The third kappa shape index (κ3) is 4.68. The van der Waals surface area contributed by atoms with Gasteiger partial charge in [-0.25, -0.2) is 4.98 Å². The van der Waals surface area contributed by atoms with Gasteiger partial charge in [0.25, 0.3) is 0 Å². The molecule has 0 saturated heterocycles. The van der Waals surface area contributed by atoms with E-state index in [4.69, 9.17) is 0 Å². The van der Waals surface area contributed by atoms with Crippen LogP contribution in [0.2, 0.25) is 0 Å². The van der Waals surface area contributed by atoms with E-state index in [1.165, 1.54) is 11.1 Å². The first kappa shape index (κ1) is 17.3. The van der Waals surface area contributed by atoms with Crippen LogP contribution in [0.3, 0.4) is 0 Å². The summed E-state index contributed by atoms with van der Waals surface area (Å²) in [6.07, 6.45) is 0. The van der Waals surface area contributed by atoms with Crippen LogP contribution in [0.4, 0.5) is 17.5 Å². The van der Waals surface area contributed by atoms with Gasteiger partial charge in [0, 0.05) is 24.0 Å². The Labute approximate surface area is 139 Å². The lowest BCUT2D eigenvalue weighted by molar-refractivity contribution is 0.684. The Balaban J connectivity index is 2.30. The highest BCUT2D eigenvalue weighted by Crippen LogP contribution is 2.30. The van der Waals surface area contributed by atoms with Crippen LogP contribution in [0.15, 0.2) is 24.3 Å². The van der Waals surface area contributed by atoms with Crippen molar-refractivity contribution in [1.82, 2.24) is 9.97 Å². The smallest absolute Gasteiger partial charge is 0.224 e. The summed E-state index contributed by atoms with van der Waals surface area (Å²) < 4.78 is 0. The number of hydrogen-bond donors (Lipinski definition) is 2. The molecule has 23 heavy (non-hydrogen) atoms. The second kappa shape index (κ2) is 7.44. The second-order valence-electron chi connectivity index (χ2n) is 6.81. The molecule has 0 bridgehead atoms. The first-order valence-electron chi connectivity index (χ1n) is 8.33. The van der Waals surface area contributed by atoms with Crippen molar-refractivity contribution in [3.63, 3.8) is 0 Å². The van der Waals surface area contributed by atoms with Crippen LogP contribution in [-0.4, -0.2) is 16.5 Å². The minimum atomic E-state index is 0.457. The zero-order valence-electron chi connectivity index (χ0n) is 15.1. The Kier molecular flexibility index (Phi) is 5.59. The van der Waals surface area contributed by atoms with Crippen molar-refractivity contribution in [3.05, 3.63) is 41.1 Å². The fourth-order valence-corrected chi connectivity index (χ4v) is 2.48. The first-order valence-corrected chi connectivity index (χ1v) is 8.33. The van der Waals surface area contributed by atoms with Gasteiger partial charge in [-0.2, -0.15) is 4.98 Å². The van der Waals surface area contributed by atoms with Gasteiger partial charge in [0.2, 0.25) is 5.95 Å². The molecule has 0 saturated carbocycles. The van der Waals surface area contributed by atoms with Crippen LogP contribution in [0, 0.1) is 19.8 Å². The number of nitrogens with zero attached hydrogens (tertiary/aromatic N) is 2. The van der Waals surface area contributed by atoms with Gasteiger partial charge in [0.05, 0.1) is 0 Å². The fraction of sp³-hybridized carbons (Fsp3) is 0.474.